The minimum Gasteiger partial charge on any atom is -0.493 e. The Morgan fingerprint density at radius 3 is 2.74 bits per heavy atom. The van der Waals surface area contributed by atoms with E-state index in [1.165, 1.54) is 6.07 Å². The van der Waals surface area contributed by atoms with Crippen LogP contribution in [0.25, 0.3) is 11.1 Å². The summed E-state index contributed by atoms with van der Waals surface area (Å²) in [5.74, 6) is 1.62. The molecule has 0 unspecified atom stereocenters. The van der Waals surface area contributed by atoms with Crippen LogP contribution in [0.5, 0.6) is 17.2 Å². The molecule has 0 aliphatic carbocycles. The monoisotopic (exact) mass is 317 g/mol. The Kier molecular flexibility index (Phi) is 4.39. The molecule has 1 aliphatic heterocycles. The Labute approximate surface area is 135 Å². The lowest BCUT2D eigenvalue weighted by atomic mass is 9.99. The third kappa shape index (κ3) is 2.84. The van der Waals surface area contributed by atoms with E-state index in [1.54, 1.807) is 20.3 Å². The molecule has 0 saturated heterocycles. The van der Waals surface area contributed by atoms with Crippen molar-refractivity contribution >= 4 is 0 Å². The van der Waals surface area contributed by atoms with Gasteiger partial charge in [-0.15, -0.1) is 0 Å². The number of fused-ring (bicyclic) bond motifs is 1. The second kappa shape index (κ2) is 6.46. The van der Waals surface area contributed by atoms with Gasteiger partial charge in [-0.25, -0.2) is 4.39 Å². The summed E-state index contributed by atoms with van der Waals surface area (Å²) in [6, 6.07) is 8.57. The Balaban J connectivity index is 2.13. The van der Waals surface area contributed by atoms with E-state index in [0.717, 1.165) is 16.9 Å². The van der Waals surface area contributed by atoms with E-state index in [0.29, 0.717) is 30.0 Å². The van der Waals surface area contributed by atoms with Gasteiger partial charge in [0.1, 0.15) is 17.7 Å². The van der Waals surface area contributed by atoms with Crippen LogP contribution < -0.4 is 19.5 Å². The van der Waals surface area contributed by atoms with Gasteiger partial charge in [-0.3, -0.25) is 0 Å². The molecule has 0 aromatic heterocycles. The molecule has 23 heavy (non-hydrogen) atoms. The number of nitrogens with one attached hydrogen (secondary N) is 1. The van der Waals surface area contributed by atoms with Crippen LogP contribution in [-0.4, -0.2) is 33.9 Å². The van der Waals surface area contributed by atoms with Gasteiger partial charge < -0.3 is 19.5 Å². The first-order valence-electron chi connectivity index (χ1n) is 7.53. The Morgan fingerprint density at radius 2 is 2.04 bits per heavy atom. The second-order valence-electron chi connectivity index (χ2n) is 5.48. The fourth-order valence-corrected chi connectivity index (χ4v) is 3.04. The standard InChI is InChI=1S/C18H20FNO3/c1-20-10-13-8-11-7-12(19)9-15(17(11)23-13)14-5-4-6-16(21-2)18(14)22-3/h4-7,9,13,20H,8,10H2,1-3H3/t13-/m1/s1. The minimum atomic E-state index is -0.280. The Hall–Kier alpha value is -2.27. The molecule has 2 aromatic carbocycles. The van der Waals surface area contributed by atoms with Gasteiger partial charge in [0.05, 0.1) is 14.2 Å². The van der Waals surface area contributed by atoms with Crippen LogP contribution in [0.4, 0.5) is 4.39 Å². The second-order valence-corrected chi connectivity index (χ2v) is 5.48. The van der Waals surface area contributed by atoms with Gasteiger partial charge in [-0.1, -0.05) is 12.1 Å². The van der Waals surface area contributed by atoms with Gasteiger partial charge >= 0.3 is 0 Å². The van der Waals surface area contributed by atoms with E-state index < -0.39 is 0 Å². The van der Waals surface area contributed by atoms with Crippen LogP contribution >= 0.6 is 0 Å². The SMILES string of the molecule is CNC[C@H]1Cc2cc(F)cc(-c3cccc(OC)c3OC)c2O1. The molecule has 2 aromatic rings. The van der Waals surface area contributed by atoms with Gasteiger partial charge in [-0.05, 0) is 25.2 Å². The summed E-state index contributed by atoms with van der Waals surface area (Å²) in [4.78, 5) is 0. The maximum atomic E-state index is 14.1. The highest BCUT2D eigenvalue weighted by atomic mass is 19.1. The Morgan fingerprint density at radius 1 is 1.22 bits per heavy atom. The number of hydrogen-bond acceptors (Lipinski definition) is 4. The molecule has 1 N–H and O–H groups in total. The van der Waals surface area contributed by atoms with Gasteiger partial charge in [0.25, 0.3) is 0 Å². The highest BCUT2D eigenvalue weighted by molar-refractivity contribution is 5.80. The van der Waals surface area contributed by atoms with Gasteiger partial charge in [0, 0.05) is 29.7 Å². The van der Waals surface area contributed by atoms with Crippen molar-refractivity contribution in [1.82, 2.24) is 5.32 Å². The van der Waals surface area contributed by atoms with E-state index in [-0.39, 0.29) is 11.9 Å². The highest BCUT2D eigenvalue weighted by Crippen LogP contribution is 2.45. The lowest BCUT2D eigenvalue weighted by Crippen LogP contribution is -2.27. The van der Waals surface area contributed by atoms with Gasteiger partial charge in [0.15, 0.2) is 11.5 Å². The maximum absolute atomic E-state index is 14.1. The molecule has 4 nitrogen and oxygen atoms in total. The first-order valence-corrected chi connectivity index (χ1v) is 7.53. The van der Waals surface area contributed by atoms with E-state index in [2.05, 4.69) is 5.32 Å². The van der Waals surface area contributed by atoms with Crippen LogP contribution in [0.1, 0.15) is 5.56 Å². The molecule has 1 aliphatic rings. The van der Waals surface area contributed by atoms with Gasteiger partial charge in [0.2, 0.25) is 0 Å². The molecule has 0 amide bonds. The smallest absolute Gasteiger partial charge is 0.168 e. The average molecular weight is 317 g/mol. The van der Waals surface area contributed by atoms with Crippen molar-refractivity contribution in [3.63, 3.8) is 0 Å². The zero-order chi connectivity index (χ0) is 16.4. The molecule has 0 saturated carbocycles. The summed E-state index contributed by atoms with van der Waals surface area (Å²) >= 11 is 0. The number of para-hydroxylation sites is 1. The molecule has 1 atom stereocenters. The number of ether oxygens (including phenoxy) is 3. The maximum Gasteiger partial charge on any atom is 0.168 e. The lowest BCUT2D eigenvalue weighted by Gasteiger charge is -2.16. The van der Waals surface area contributed by atoms with Gasteiger partial charge in [-0.2, -0.15) is 0 Å². The van der Waals surface area contributed by atoms with E-state index in [4.69, 9.17) is 14.2 Å². The molecule has 122 valence electrons. The average Bonchev–Trinajstić information content (AvgIpc) is 2.95. The van der Waals surface area contributed by atoms with Crippen LogP contribution in [0, 0.1) is 5.82 Å². The summed E-state index contributed by atoms with van der Waals surface area (Å²) in [6.45, 7) is 0.713. The largest absolute Gasteiger partial charge is 0.493 e. The van der Waals surface area contributed by atoms with Crippen molar-refractivity contribution in [2.75, 3.05) is 27.8 Å². The zero-order valence-electron chi connectivity index (χ0n) is 13.5. The molecular weight excluding hydrogens is 297 g/mol. The summed E-state index contributed by atoms with van der Waals surface area (Å²) in [5.41, 5.74) is 2.33. The topological polar surface area (TPSA) is 39.7 Å². The van der Waals surface area contributed by atoms with Crippen molar-refractivity contribution in [3.05, 3.63) is 41.7 Å². The van der Waals surface area contributed by atoms with Crippen molar-refractivity contribution in [2.24, 2.45) is 0 Å². The minimum absolute atomic E-state index is 0.00662. The zero-order valence-corrected chi connectivity index (χ0v) is 13.5. The van der Waals surface area contributed by atoms with Crippen LogP contribution in [-0.2, 0) is 6.42 Å². The van der Waals surface area contributed by atoms with Crippen LogP contribution in [0.3, 0.4) is 0 Å². The number of methoxy groups -OCH3 is 2. The van der Waals surface area contributed by atoms with Crippen molar-refractivity contribution < 1.29 is 18.6 Å². The molecule has 0 fully saturated rings. The van der Waals surface area contributed by atoms with Crippen molar-refractivity contribution in [3.8, 4) is 28.4 Å². The molecule has 1 heterocycles. The van der Waals surface area contributed by atoms with E-state index >= 15 is 0 Å². The predicted molar refractivity (Wildman–Crippen MR) is 87.0 cm³/mol. The molecule has 5 heteroatoms. The predicted octanol–water partition coefficient (Wildman–Crippen LogP) is 3.03. The highest BCUT2D eigenvalue weighted by Gasteiger charge is 2.28. The normalized spacial score (nSPS) is 15.9. The first-order chi connectivity index (χ1) is 11.2. The fourth-order valence-electron chi connectivity index (χ4n) is 3.04. The van der Waals surface area contributed by atoms with Crippen LogP contribution in [0.15, 0.2) is 30.3 Å². The van der Waals surface area contributed by atoms with E-state index in [1.807, 2.05) is 25.2 Å². The van der Waals surface area contributed by atoms with Crippen molar-refractivity contribution in [1.29, 1.82) is 0 Å². The summed E-state index contributed by atoms with van der Waals surface area (Å²) in [6.07, 6.45) is 0.694. The number of halogens is 1. The molecule has 3 rings (SSSR count). The third-order valence-corrected chi connectivity index (χ3v) is 3.99. The molecular formula is C18H20FNO3. The van der Waals surface area contributed by atoms with Crippen molar-refractivity contribution in [2.45, 2.75) is 12.5 Å². The Bertz CT molecular complexity index is 718. The van der Waals surface area contributed by atoms with E-state index in [9.17, 15) is 4.39 Å². The number of likely N-dealkylation sites (N-methyl/N-ethyl adjacent to an activating group) is 1. The summed E-state index contributed by atoms with van der Waals surface area (Å²) in [7, 11) is 5.03. The fraction of sp³-hybridized carbons (Fsp3) is 0.333. The third-order valence-electron chi connectivity index (χ3n) is 3.99. The summed E-state index contributed by atoms with van der Waals surface area (Å²) < 4.78 is 30.9. The summed E-state index contributed by atoms with van der Waals surface area (Å²) in [5, 5.41) is 3.10. The number of rotatable bonds is 5. The number of hydrogen-bond donors (Lipinski definition) is 1. The molecule has 0 bridgehead atoms. The lowest BCUT2D eigenvalue weighted by molar-refractivity contribution is 0.232. The first kappa shape index (κ1) is 15.6. The molecule has 0 radical (unpaired) electrons. The number of benzene rings is 2. The van der Waals surface area contributed by atoms with Crippen LogP contribution in [0.2, 0.25) is 0 Å². The quantitative estimate of drug-likeness (QED) is 0.920. The molecule has 0 spiro atoms.